The molecular weight excluding hydrogens is 253 g/mol. The Hall–Kier alpha value is -0.610. The van der Waals surface area contributed by atoms with Gasteiger partial charge < -0.3 is 0 Å². The highest BCUT2D eigenvalue weighted by molar-refractivity contribution is 9.10. The van der Waals surface area contributed by atoms with Crippen LogP contribution < -0.4 is 0 Å². The van der Waals surface area contributed by atoms with Gasteiger partial charge in [-0.05, 0) is 52.5 Å². The van der Waals surface area contributed by atoms with Crippen LogP contribution in [0.15, 0.2) is 10.7 Å². The van der Waals surface area contributed by atoms with Gasteiger partial charge >= 0.3 is 0 Å². The van der Waals surface area contributed by atoms with Crippen LogP contribution in [0.5, 0.6) is 0 Å². The summed E-state index contributed by atoms with van der Waals surface area (Å²) in [4.78, 5) is 4.11. The molecule has 0 N–H and O–H groups in total. The smallest absolute Gasteiger partial charge is 0.218 e. The first-order valence-corrected chi connectivity index (χ1v) is 4.94. The zero-order chi connectivity index (χ0) is 9.59. The number of fused-ring (bicyclic) bond motifs is 1. The molecule has 0 spiro atoms. The van der Waals surface area contributed by atoms with Gasteiger partial charge in [0.2, 0.25) is 5.28 Å². The van der Waals surface area contributed by atoms with Crippen molar-refractivity contribution in [2.24, 2.45) is 0 Å². The normalized spacial score (nSPS) is 11.1. The Balaban J connectivity index is 2.92. The SMILES string of the molecule is Cc1c(Br)cn2nc(Cl)nc2c1C. The van der Waals surface area contributed by atoms with Crippen LogP contribution in [0.25, 0.3) is 5.65 Å². The number of pyridine rings is 1. The van der Waals surface area contributed by atoms with Crippen LogP contribution in [0.3, 0.4) is 0 Å². The Morgan fingerprint density at radius 3 is 2.77 bits per heavy atom. The molecular formula is C8H7BrClN3. The highest BCUT2D eigenvalue weighted by Crippen LogP contribution is 2.22. The van der Waals surface area contributed by atoms with Crippen LogP contribution in [0.1, 0.15) is 11.1 Å². The van der Waals surface area contributed by atoms with Crippen LogP contribution in [-0.4, -0.2) is 14.6 Å². The van der Waals surface area contributed by atoms with E-state index in [1.165, 1.54) is 0 Å². The summed E-state index contributed by atoms with van der Waals surface area (Å²) in [6.07, 6.45) is 1.86. The van der Waals surface area contributed by atoms with Gasteiger partial charge in [-0.3, -0.25) is 0 Å². The van der Waals surface area contributed by atoms with E-state index in [1.54, 1.807) is 4.52 Å². The van der Waals surface area contributed by atoms with E-state index in [2.05, 4.69) is 26.0 Å². The lowest BCUT2D eigenvalue weighted by atomic mass is 10.2. The predicted molar refractivity (Wildman–Crippen MR) is 55.2 cm³/mol. The molecule has 0 saturated carbocycles. The van der Waals surface area contributed by atoms with Gasteiger partial charge in [0.15, 0.2) is 5.65 Å². The van der Waals surface area contributed by atoms with Crippen LogP contribution in [0.4, 0.5) is 0 Å². The first-order valence-electron chi connectivity index (χ1n) is 3.77. The fourth-order valence-electron chi connectivity index (χ4n) is 1.19. The third kappa shape index (κ3) is 1.34. The van der Waals surface area contributed by atoms with E-state index in [9.17, 15) is 0 Å². The average Bonchev–Trinajstić information content (AvgIpc) is 2.42. The zero-order valence-electron chi connectivity index (χ0n) is 7.17. The molecule has 0 aliphatic carbocycles. The van der Waals surface area contributed by atoms with E-state index >= 15 is 0 Å². The van der Waals surface area contributed by atoms with E-state index in [0.29, 0.717) is 0 Å². The number of rotatable bonds is 0. The second-order valence-electron chi connectivity index (χ2n) is 2.88. The lowest BCUT2D eigenvalue weighted by Crippen LogP contribution is -1.93. The van der Waals surface area contributed by atoms with Crippen LogP contribution in [0.2, 0.25) is 5.28 Å². The number of aromatic nitrogens is 3. The first kappa shape index (κ1) is 8.97. The molecule has 2 heterocycles. The largest absolute Gasteiger partial charge is 0.243 e. The molecule has 13 heavy (non-hydrogen) atoms. The number of hydrogen-bond donors (Lipinski definition) is 0. The molecule has 0 aliphatic heterocycles. The Bertz CT molecular complexity index is 478. The zero-order valence-corrected chi connectivity index (χ0v) is 9.52. The van der Waals surface area contributed by atoms with E-state index in [4.69, 9.17) is 11.6 Å². The van der Waals surface area contributed by atoms with Gasteiger partial charge in [0.25, 0.3) is 0 Å². The lowest BCUT2D eigenvalue weighted by Gasteiger charge is -2.03. The Morgan fingerprint density at radius 1 is 1.38 bits per heavy atom. The molecule has 2 rings (SSSR count). The maximum atomic E-state index is 5.70. The second kappa shape index (κ2) is 2.96. The summed E-state index contributed by atoms with van der Waals surface area (Å²) in [6, 6.07) is 0. The predicted octanol–water partition coefficient (Wildman–Crippen LogP) is 2.76. The Kier molecular flexibility index (Phi) is 2.04. The summed E-state index contributed by atoms with van der Waals surface area (Å²) in [5.41, 5.74) is 3.07. The molecule has 0 saturated heterocycles. The topological polar surface area (TPSA) is 30.2 Å². The van der Waals surface area contributed by atoms with Crippen molar-refractivity contribution in [3.63, 3.8) is 0 Å². The van der Waals surface area contributed by atoms with Crippen molar-refractivity contribution in [3.05, 3.63) is 27.1 Å². The maximum absolute atomic E-state index is 5.70. The molecule has 0 bridgehead atoms. The van der Waals surface area contributed by atoms with Crippen LogP contribution >= 0.6 is 27.5 Å². The van der Waals surface area contributed by atoms with Crippen molar-refractivity contribution >= 4 is 33.2 Å². The highest BCUT2D eigenvalue weighted by Gasteiger charge is 2.08. The van der Waals surface area contributed by atoms with Crippen molar-refractivity contribution in [2.75, 3.05) is 0 Å². The number of aryl methyl sites for hydroxylation is 1. The van der Waals surface area contributed by atoms with E-state index < -0.39 is 0 Å². The van der Waals surface area contributed by atoms with Crippen LogP contribution in [-0.2, 0) is 0 Å². The van der Waals surface area contributed by atoms with Crippen molar-refractivity contribution in [3.8, 4) is 0 Å². The van der Waals surface area contributed by atoms with E-state index in [1.807, 2.05) is 20.0 Å². The average molecular weight is 261 g/mol. The molecule has 0 aromatic carbocycles. The summed E-state index contributed by atoms with van der Waals surface area (Å²) < 4.78 is 2.69. The van der Waals surface area contributed by atoms with E-state index in [0.717, 1.165) is 21.2 Å². The monoisotopic (exact) mass is 259 g/mol. The Morgan fingerprint density at radius 2 is 2.08 bits per heavy atom. The minimum atomic E-state index is 0.278. The molecule has 0 amide bonds. The molecule has 0 radical (unpaired) electrons. The number of hydrogen-bond acceptors (Lipinski definition) is 2. The molecule has 0 unspecified atom stereocenters. The van der Waals surface area contributed by atoms with Crippen molar-refractivity contribution in [1.82, 2.24) is 14.6 Å². The van der Waals surface area contributed by atoms with Gasteiger partial charge in [-0.25, -0.2) is 4.52 Å². The highest BCUT2D eigenvalue weighted by atomic mass is 79.9. The third-order valence-electron chi connectivity index (χ3n) is 2.10. The minimum Gasteiger partial charge on any atom is -0.218 e. The van der Waals surface area contributed by atoms with Crippen molar-refractivity contribution in [1.29, 1.82) is 0 Å². The maximum Gasteiger partial charge on any atom is 0.243 e. The number of halogens is 2. The fraction of sp³-hybridized carbons (Fsp3) is 0.250. The molecule has 0 fully saturated rings. The lowest BCUT2D eigenvalue weighted by molar-refractivity contribution is 0.945. The summed E-state index contributed by atoms with van der Waals surface area (Å²) in [7, 11) is 0. The summed E-state index contributed by atoms with van der Waals surface area (Å²) >= 11 is 9.15. The minimum absolute atomic E-state index is 0.278. The fourth-order valence-corrected chi connectivity index (χ4v) is 1.85. The van der Waals surface area contributed by atoms with Gasteiger partial charge in [-0.15, -0.1) is 5.10 Å². The van der Waals surface area contributed by atoms with Crippen molar-refractivity contribution < 1.29 is 0 Å². The molecule has 2 aromatic rings. The molecule has 3 nitrogen and oxygen atoms in total. The standard InChI is InChI=1S/C8H7BrClN3/c1-4-5(2)7-11-8(10)12-13(7)3-6(4)9/h3H,1-2H3. The van der Waals surface area contributed by atoms with E-state index in [-0.39, 0.29) is 5.28 Å². The first-order chi connectivity index (χ1) is 6.09. The third-order valence-corrected chi connectivity index (χ3v) is 3.06. The quantitative estimate of drug-likeness (QED) is 0.729. The van der Waals surface area contributed by atoms with Gasteiger partial charge in [-0.1, -0.05) is 0 Å². The summed E-state index contributed by atoms with van der Waals surface area (Å²) in [5.74, 6) is 0. The van der Waals surface area contributed by atoms with Gasteiger partial charge in [0.05, 0.1) is 0 Å². The van der Waals surface area contributed by atoms with Gasteiger partial charge in [-0.2, -0.15) is 4.98 Å². The molecule has 0 atom stereocenters. The molecule has 2 aromatic heterocycles. The second-order valence-corrected chi connectivity index (χ2v) is 4.07. The van der Waals surface area contributed by atoms with Crippen molar-refractivity contribution in [2.45, 2.75) is 13.8 Å². The van der Waals surface area contributed by atoms with Crippen LogP contribution in [0, 0.1) is 13.8 Å². The molecule has 5 heteroatoms. The summed E-state index contributed by atoms with van der Waals surface area (Å²) in [6.45, 7) is 4.03. The molecule has 0 aliphatic rings. The Labute approximate surface area is 88.9 Å². The van der Waals surface area contributed by atoms with Gasteiger partial charge in [0, 0.05) is 10.7 Å². The number of nitrogens with zero attached hydrogens (tertiary/aromatic N) is 3. The summed E-state index contributed by atoms with van der Waals surface area (Å²) in [5, 5.41) is 4.30. The van der Waals surface area contributed by atoms with Gasteiger partial charge in [0.1, 0.15) is 0 Å². The molecule has 68 valence electrons.